The summed E-state index contributed by atoms with van der Waals surface area (Å²) in [5.41, 5.74) is 1.17. The zero-order valence-corrected chi connectivity index (χ0v) is 12.6. The Bertz CT molecular complexity index is 402. The van der Waals surface area contributed by atoms with E-state index >= 15 is 0 Å². The van der Waals surface area contributed by atoms with Crippen molar-refractivity contribution in [2.75, 3.05) is 19.8 Å². The van der Waals surface area contributed by atoms with Crippen molar-refractivity contribution in [3.8, 4) is 5.75 Å². The van der Waals surface area contributed by atoms with Crippen LogP contribution in [0.4, 0.5) is 0 Å². The molecule has 1 unspecified atom stereocenters. The Morgan fingerprint density at radius 3 is 2.60 bits per heavy atom. The lowest BCUT2D eigenvalue weighted by atomic mass is 10.0. The second-order valence-electron chi connectivity index (χ2n) is 5.22. The molecule has 1 aliphatic heterocycles. The van der Waals surface area contributed by atoms with Gasteiger partial charge in [-0.2, -0.15) is 0 Å². The molecule has 0 bridgehead atoms. The molecule has 1 atom stereocenters. The molecule has 2 rings (SSSR count). The van der Waals surface area contributed by atoms with Crippen molar-refractivity contribution in [1.82, 2.24) is 5.32 Å². The lowest BCUT2D eigenvalue weighted by Crippen LogP contribution is -2.26. The minimum Gasteiger partial charge on any atom is -0.491 e. The zero-order valence-electron chi connectivity index (χ0n) is 12.6. The van der Waals surface area contributed by atoms with E-state index in [1.807, 2.05) is 32.0 Å². The first kappa shape index (κ1) is 15.3. The first-order valence-corrected chi connectivity index (χ1v) is 7.43. The Morgan fingerprint density at radius 2 is 1.95 bits per heavy atom. The van der Waals surface area contributed by atoms with Crippen molar-refractivity contribution in [3.63, 3.8) is 0 Å². The Balaban J connectivity index is 2.14. The van der Waals surface area contributed by atoms with Gasteiger partial charge in [-0.3, -0.25) is 0 Å². The molecule has 1 heterocycles. The van der Waals surface area contributed by atoms with Gasteiger partial charge in [0.2, 0.25) is 0 Å². The van der Waals surface area contributed by atoms with E-state index in [2.05, 4.69) is 18.3 Å². The number of hydrogen-bond acceptors (Lipinski definition) is 4. The maximum atomic E-state index is 5.92. The SMILES string of the molecule is CCNC(CC1OCCO1)c1ccccc1OC(C)C. The van der Waals surface area contributed by atoms with E-state index < -0.39 is 0 Å². The summed E-state index contributed by atoms with van der Waals surface area (Å²) < 4.78 is 17.1. The maximum absolute atomic E-state index is 5.92. The fourth-order valence-electron chi connectivity index (χ4n) is 2.43. The van der Waals surface area contributed by atoms with Crippen LogP contribution in [-0.4, -0.2) is 32.2 Å². The summed E-state index contributed by atoms with van der Waals surface area (Å²) in [6.07, 6.45) is 0.843. The molecule has 0 saturated carbocycles. The number of benzene rings is 1. The van der Waals surface area contributed by atoms with E-state index in [0.29, 0.717) is 13.2 Å². The lowest BCUT2D eigenvalue weighted by molar-refractivity contribution is -0.0530. The zero-order chi connectivity index (χ0) is 14.4. The average Bonchev–Trinajstić information content (AvgIpc) is 2.91. The van der Waals surface area contributed by atoms with Crippen LogP contribution in [0, 0.1) is 0 Å². The van der Waals surface area contributed by atoms with Gasteiger partial charge in [-0.25, -0.2) is 0 Å². The van der Waals surface area contributed by atoms with Gasteiger partial charge in [-0.15, -0.1) is 0 Å². The molecule has 112 valence electrons. The monoisotopic (exact) mass is 279 g/mol. The molecule has 0 spiro atoms. The van der Waals surface area contributed by atoms with E-state index in [1.54, 1.807) is 0 Å². The summed E-state index contributed by atoms with van der Waals surface area (Å²) >= 11 is 0. The third kappa shape index (κ3) is 4.20. The standard InChI is InChI=1S/C16H25NO3/c1-4-17-14(11-16-18-9-10-19-16)13-7-5-6-8-15(13)20-12(2)3/h5-8,12,14,16-17H,4,9-11H2,1-3H3. The summed E-state index contributed by atoms with van der Waals surface area (Å²) in [7, 11) is 0. The molecule has 0 aromatic heterocycles. The molecular formula is C16H25NO3. The van der Waals surface area contributed by atoms with Crippen LogP contribution in [0.15, 0.2) is 24.3 Å². The van der Waals surface area contributed by atoms with E-state index in [0.717, 1.165) is 18.7 Å². The summed E-state index contributed by atoms with van der Waals surface area (Å²) in [5.74, 6) is 0.937. The molecule has 1 N–H and O–H groups in total. The topological polar surface area (TPSA) is 39.7 Å². The number of para-hydroxylation sites is 1. The smallest absolute Gasteiger partial charge is 0.159 e. The maximum Gasteiger partial charge on any atom is 0.159 e. The van der Waals surface area contributed by atoms with Crippen LogP contribution in [-0.2, 0) is 9.47 Å². The van der Waals surface area contributed by atoms with E-state index in [-0.39, 0.29) is 18.4 Å². The van der Waals surface area contributed by atoms with Crippen molar-refractivity contribution in [1.29, 1.82) is 0 Å². The number of rotatable bonds is 7. The van der Waals surface area contributed by atoms with Gasteiger partial charge in [-0.05, 0) is 26.5 Å². The van der Waals surface area contributed by atoms with Crippen LogP contribution in [0.5, 0.6) is 5.75 Å². The van der Waals surface area contributed by atoms with Crippen molar-refractivity contribution in [2.24, 2.45) is 0 Å². The van der Waals surface area contributed by atoms with Gasteiger partial charge in [0.05, 0.1) is 19.3 Å². The van der Waals surface area contributed by atoms with Crippen molar-refractivity contribution >= 4 is 0 Å². The summed E-state index contributed by atoms with van der Waals surface area (Å²) in [5, 5.41) is 3.50. The highest BCUT2D eigenvalue weighted by Crippen LogP contribution is 2.30. The van der Waals surface area contributed by atoms with Gasteiger partial charge in [0.15, 0.2) is 6.29 Å². The molecule has 1 aromatic carbocycles. The summed E-state index contributed by atoms with van der Waals surface area (Å²) in [6, 6.07) is 8.37. The number of nitrogens with one attached hydrogen (secondary N) is 1. The molecule has 4 nitrogen and oxygen atoms in total. The van der Waals surface area contributed by atoms with Crippen LogP contribution >= 0.6 is 0 Å². The summed E-state index contributed by atoms with van der Waals surface area (Å²) in [4.78, 5) is 0. The average molecular weight is 279 g/mol. The highest BCUT2D eigenvalue weighted by molar-refractivity contribution is 5.36. The fourth-order valence-corrected chi connectivity index (χ4v) is 2.43. The second kappa shape index (κ2) is 7.62. The first-order valence-electron chi connectivity index (χ1n) is 7.43. The third-order valence-electron chi connectivity index (χ3n) is 3.23. The Labute approximate surface area is 121 Å². The van der Waals surface area contributed by atoms with E-state index in [1.165, 1.54) is 5.56 Å². The first-order chi connectivity index (χ1) is 9.70. The molecular weight excluding hydrogens is 254 g/mol. The lowest BCUT2D eigenvalue weighted by Gasteiger charge is -2.24. The third-order valence-corrected chi connectivity index (χ3v) is 3.23. The summed E-state index contributed by atoms with van der Waals surface area (Å²) in [6.45, 7) is 8.47. The van der Waals surface area contributed by atoms with E-state index in [4.69, 9.17) is 14.2 Å². The van der Waals surface area contributed by atoms with Crippen LogP contribution in [0.1, 0.15) is 38.8 Å². The van der Waals surface area contributed by atoms with Crippen LogP contribution in [0.2, 0.25) is 0 Å². The van der Waals surface area contributed by atoms with Crippen LogP contribution < -0.4 is 10.1 Å². The van der Waals surface area contributed by atoms with Crippen LogP contribution in [0.25, 0.3) is 0 Å². The molecule has 4 heteroatoms. The number of ether oxygens (including phenoxy) is 3. The normalized spacial score (nSPS) is 17.6. The van der Waals surface area contributed by atoms with Crippen molar-refractivity contribution < 1.29 is 14.2 Å². The predicted molar refractivity (Wildman–Crippen MR) is 78.9 cm³/mol. The molecule has 0 amide bonds. The molecule has 1 fully saturated rings. The Hall–Kier alpha value is -1.10. The van der Waals surface area contributed by atoms with E-state index in [9.17, 15) is 0 Å². The number of hydrogen-bond donors (Lipinski definition) is 1. The minimum absolute atomic E-state index is 0.119. The van der Waals surface area contributed by atoms with Gasteiger partial charge in [0.25, 0.3) is 0 Å². The fraction of sp³-hybridized carbons (Fsp3) is 0.625. The molecule has 0 aliphatic carbocycles. The molecule has 0 radical (unpaired) electrons. The second-order valence-corrected chi connectivity index (χ2v) is 5.22. The highest BCUT2D eigenvalue weighted by Gasteiger charge is 2.24. The highest BCUT2D eigenvalue weighted by atomic mass is 16.7. The largest absolute Gasteiger partial charge is 0.491 e. The van der Waals surface area contributed by atoms with Gasteiger partial charge >= 0.3 is 0 Å². The van der Waals surface area contributed by atoms with Crippen molar-refractivity contribution in [3.05, 3.63) is 29.8 Å². The van der Waals surface area contributed by atoms with Crippen LogP contribution in [0.3, 0.4) is 0 Å². The van der Waals surface area contributed by atoms with Gasteiger partial charge in [-0.1, -0.05) is 25.1 Å². The van der Waals surface area contributed by atoms with Crippen molar-refractivity contribution in [2.45, 2.75) is 45.6 Å². The molecule has 20 heavy (non-hydrogen) atoms. The molecule has 1 saturated heterocycles. The molecule has 1 aliphatic rings. The molecule has 1 aromatic rings. The Morgan fingerprint density at radius 1 is 1.25 bits per heavy atom. The Kier molecular flexibility index (Phi) is 5.83. The van der Waals surface area contributed by atoms with Gasteiger partial charge < -0.3 is 19.5 Å². The minimum atomic E-state index is -0.119. The quantitative estimate of drug-likeness (QED) is 0.833. The van der Waals surface area contributed by atoms with Gasteiger partial charge in [0, 0.05) is 18.0 Å². The predicted octanol–water partition coefficient (Wildman–Crippen LogP) is 2.89. The van der Waals surface area contributed by atoms with Gasteiger partial charge in [0.1, 0.15) is 5.75 Å².